The molecule has 110 valence electrons. The predicted molar refractivity (Wildman–Crippen MR) is 78.5 cm³/mol. The molecule has 8 heteroatoms. The number of esters is 1. The van der Waals surface area contributed by atoms with Crippen molar-refractivity contribution < 1.29 is 17.9 Å². The van der Waals surface area contributed by atoms with Crippen LogP contribution in [0, 0.1) is 0 Å². The van der Waals surface area contributed by atoms with Gasteiger partial charge in [0.05, 0.1) is 12.0 Å². The first-order valence-electron chi connectivity index (χ1n) is 5.90. The van der Waals surface area contributed by atoms with Gasteiger partial charge in [0.25, 0.3) is 0 Å². The minimum Gasteiger partial charge on any atom is -0.468 e. The van der Waals surface area contributed by atoms with Gasteiger partial charge >= 0.3 is 5.97 Å². The fraction of sp³-hybridized carbons (Fsp3) is 0.417. The summed E-state index contributed by atoms with van der Waals surface area (Å²) in [4.78, 5) is 11.7. The Hall–Kier alpha value is -0.760. The SMILES string of the molecule is COC(=O)[C@H]1CN(S(=O)(=O)c2cccc(Cl)c2)CCS1. The minimum absolute atomic E-state index is 0.117. The topological polar surface area (TPSA) is 63.7 Å². The van der Waals surface area contributed by atoms with Crippen molar-refractivity contribution in [1.29, 1.82) is 0 Å². The van der Waals surface area contributed by atoms with Crippen molar-refractivity contribution in [2.45, 2.75) is 10.1 Å². The highest BCUT2D eigenvalue weighted by Gasteiger charge is 2.34. The van der Waals surface area contributed by atoms with Crippen molar-refractivity contribution in [3.63, 3.8) is 0 Å². The molecule has 0 radical (unpaired) electrons. The van der Waals surface area contributed by atoms with E-state index in [0.29, 0.717) is 17.3 Å². The minimum atomic E-state index is -3.63. The fourth-order valence-electron chi connectivity index (χ4n) is 1.89. The van der Waals surface area contributed by atoms with Gasteiger partial charge in [-0.05, 0) is 18.2 Å². The summed E-state index contributed by atoms with van der Waals surface area (Å²) in [5, 5.41) is -0.121. The molecule has 1 aromatic carbocycles. The molecule has 1 atom stereocenters. The Labute approximate surface area is 127 Å². The zero-order valence-electron chi connectivity index (χ0n) is 10.8. The van der Waals surface area contributed by atoms with Crippen LogP contribution >= 0.6 is 23.4 Å². The molecule has 0 spiro atoms. The van der Waals surface area contributed by atoms with Gasteiger partial charge in [0.1, 0.15) is 5.25 Å². The highest BCUT2D eigenvalue weighted by Crippen LogP contribution is 2.26. The number of thioether (sulfide) groups is 1. The highest BCUT2D eigenvalue weighted by atomic mass is 35.5. The molecule has 1 aromatic rings. The molecule has 0 aliphatic carbocycles. The average Bonchev–Trinajstić information content (AvgIpc) is 2.46. The van der Waals surface area contributed by atoms with Crippen LogP contribution in [0.5, 0.6) is 0 Å². The first-order chi connectivity index (χ1) is 9.45. The third-order valence-electron chi connectivity index (χ3n) is 2.93. The largest absolute Gasteiger partial charge is 0.468 e. The number of benzene rings is 1. The lowest BCUT2D eigenvalue weighted by molar-refractivity contribution is -0.140. The van der Waals surface area contributed by atoms with Gasteiger partial charge < -0.3 is 4.74 Å². The van der Waals surface area contributed by atoms with Crippen LogP contribution in [0.2, 0.25) is 5.02 Å². The molecule has 2 rings (SSSR count). The number of carbonyl (C=O) groups excluding carboxylic acids is 1. The van der Waals surface area contributed by atoms with Crippen LogP contribution in [0.1, 0.15) is 0 Å². The number of ether oxygens (including phenoxy) is 1. The third kappa shape index (κ3) is 3.28. The second-order valence-electron chi connectivity index (χ2n) is 4.20. The maximum atomic E-state index is 12.5. The second kappa shape index (κ2) is 6.34. The predicted octanol–water partition coefficient (Wildman–Crippen LogP) is 1.62. The standard InChI is InChI=1S/C12H14ClNO4S2/c1-18-12(15)11-8-14(5-6-19-11)20(16,17)10-4-2-3-9(13)7-10/h2-4,7,11H,5-6,8H2,1H3/t11-/m1/s1. The smallest absolute Gasteiger partial charge is 0.320 e. The zero-order chi connectivity index (χ0) is 14.8. The van der Waals surface area contributed by atoms with Crippen LogP contribution in [0.15, 0.2) is 29.2 Å². The number of nitrogens with zero attached hydrogens (tertiary/aromatic N) is 1. The van der Waals surface area contributed by atoms with Crippen molar-refractivity contribution in [2.24, 2.45) is 0 Å². The van der Waals surface area contributed by atoms with Gasteiger partial charge in [-0.25, -0.2) is 8.42 Å². The maximum Gasteiger partial charge on any atom is 0.320 e. The fourth-order valence-corrected chi connectivity index (χ4v) is 4.99. The van der Waals surface area contributed by atoms with Gasteiger partial charge in [0.15, 0.2) is 0 Å². The summed E-state index contributed by atoms with van der Waals surface area (Å²) in [5.74, 6) is 0.153. The Kier molecular flexibility index (Phi) is 4.95. The molecule has 0 N–H and O–H groups in total. The molecule has 1 aliphatic heterocycles. The normalized spacial score (nSPS) is 20.6. The molecule has 20 heavy (non-hydrogen) atoms. The van der Waals surface area contributed by atoms with Gasteiger partial charge in [-0.15, -0.1) is 11.8 Å². The first-order valence-corrected chi connectivity index (χ1v) is 8.77. The van der Waals surface area contributed by atoms with E-state index in [1.54, 1.807) is 12.1 Å². The van der Waals surface area contributed by atoms with Crippen LogP contribution in [0.3, 0.4) is 0 Å². The van der Waals surface area contributed by atoms with Gasteiger partial charge in [0, 0.05) is 23.9 Å². The molecular weight excluding hydrogens is 322 g/mol. The van der Waals surface area contributed by atoms with Crippen molar-refractivity contribution in [3.05, 3.63) is 29.3 Å². The van der Waals surface area contributed by atoms with Gasteiger partial charge in [-0.2, -0.15) is 4.31 Å². The molecule has 5 nitrogen and oxygen atoms in total. The summed E-state index contributed by atoms with van der Waals surface area (Å²) in [6.45, 7) is 0.485. The molecule has 1 heterocycles. The van der Waals surface area contributed by atoms with Gasteiger partial charge in [-0.1, -0.05) is 17.7 Å². The molecular formula is C12H14ClNO4S2. The van der Waals surface area contributed by atoms with E-state index in [-0.39, 0.29) is 11.4 Å². The molecule has 0 unspecified atom stereocenters. The molecule has 1 saturated heterocycles. The summed E-state index contributed by atoms with van der Waals surface area (Å²) in [6.07, 6.45) is 0. The Bertz CT molecular complexity index is 605. The summed E-state index contributed by atoms with van der Waals surface area (Å²) in [6, 6.07) is 6.11. The van der Waals surface area contributed by atoms with E-state index in [2.05, 4.69) is 4.74 Å². The summed E-state index contributed by atoms with van der Waals surface area (Å²) < 4.78 is 31.0. The number of sulfonamides is 1. The lowest BCUT2D eigenvalue weighted by atomic mass is 10.4. The number of hydrogen-bond donors (Lipinski definition) is 0. The van der Waals surface area contributed by atoms with Crippen molar-refractivity contribution in [3.8, 4) is 0 Å². The highest BCUT2D eigenvalue weighted by molar-refractivity contribution is 8.00. The van der Waals surface area contributed by atoms with Crippen LogP contribution in [-0.4, -0.2) is 49.9 Å². The van der Waals surface area contributed by atoms with Crippen LogP contribution in [0.4, 0.5) is 0 Å². The monoisotopic (exact) mass is 335 g/mol. The van der Waals surface area contributed by atoms with Gasteiger partial charge in [-0.3, -0.25) is 4.79 Å². The number of hydrogen-bond acceptors (Lipinski definition) is 5. The molecule has 0 bridgehead atoms. The Balaban J connectivity index is 2.23. The van der Waals surface area contributed by atoms with Crippen LogP contribution in [-0.2, 0) is 19.6 Å². The Morgan fingerprint density at radius 2 is 2.25 bits per heavy atom. The lowest BCUT2D eigenvalue weighted by Gasteiger charge is -2.30. The zero-order valence-corrected chi connectivity index (χ0v) is 13.2. The number of rotatable bonds is 3. The number of halogens is 1. The molecule has 1 aliphatic rings. The van der Waals surface area contributed by atoms with E-state index >= 15 is 0 Å². The van der Waals surface area contributed by atoms with E-state index in [9.17, 15) is 13.2 Å². The summed E-state index contributed by atoms with van der Waals surface area (Å²) in [7, 11) is -2.33. The maximum absolute atomic E-state index is 12.5. The summed E-state index contributed by atoms with van der Waals surface area (Å²) in [5.41, 5.74) is 0. The van der Waals surface area contributed by atoms with E-state index in [1.807, 2.05) is 0 Å². The van der Waals surface area contributed by atoms with E-state index < -0.39 is 21.2 Å². The third-order valence-corrected chi connectivity index (χ3v) is 6.19. The molecule has 0 aromatic heterocycles. The van der Waals surface area contributed by atoms with E-state index in [1.165, 1.54) is 35.3 Å². The molecule has 0 amide bonds. The first kappa shape index (κ1) is 15.6. The lowest BCUT2D eigenvalue weighted by Crippen LogP contribution is -2.44. The molecule has 0 saturated carbocycles. The number of carbonyl (C=O) groups is 1. The molecule has 1 fully saturated rings. The van der Waals surface area contributed by atoms with E-state index in [4.69, 9.17) is 11.6 Å². The second-order valence-corrected chi connectivity index (χ2v) is 7.89. The Morgan fingerprint density at radius 3 is 2.90 bits per heavy atom. The van der Waals surface area contributed by atoms with Crippen molar-refractivity contribution in [2.75, 3.05) is 26.0 Å². The number of methoxy groups -OCH3 is 1. The van der Waals surface area contributed by atoms with Crippen molar-refractivity contribution >= 4 is 39.4 Å². The van der Waals surface area contributed by atoms with Crippen molar-refractivity contribution in [1.82, 2.24) is 4.31 Å². The van der Waals surface area contributed by atoms with Crippen LogP contribution < -0.4 is 0 Å². The summed E-state index contributed by atoms with van der Waals surface area (Å²) >= 11 is 7.24. The Morgan fingerprint density at radius 1 is 1.50 bits per heavy atom. The van der Waals surface area contributed by atoms with E-state index in [0.717, 1.165) is 0 Å². The average molecular weight is 336 g/mol. The quantitative estimate of drug-likeness (QED) is 0.785. The van der Waals surface area contributed by atoms with Crippen LogP contribution in [0.25, 0.3) is 0 Å². The van der Waals surface area contributed by atoms with Gasteiger partial charge in [0.2, 0.25) is 10.0 Å².